The van der Waals surface area contributed by atoms with Crippen LogP contribution >= 0.6 is 0 Å². The number of rotatable bonds is 4. The normalized spacial score (nSPS) is 15.4. The molecule has 0 radical (unpaired) electrons. The quantitative estimate of drug-likeness (QED) is 0.579. The topological polar surface area (TPSA) is 80.6 Å². The molecular weight excluding hydrogens is 372 g/mol. The molecule has 0 amide bonds. The van der Waals surface area contributed by atoms with E-state index in [1.165, 1.54) is 0 Å². The number of aromatic amines is 1. The molecule has 1 fully saturated rings. The first-order valence-electron chi connectivity index (χ1n) is 9.23. The van der Waals surface area contributed by atoms with Crippen molar-refractivity contribution >= 4 is 21.8 Å². The molecule has 7 heteroatoms. The Hall–Kier alpha value is -3.06. The van der Waals surface area contributed by atoms with E-state index in [1.54, 1.807) is 29.3 Å². The summed E-state index contributed by atoms with van der Waals surface area (Å²) < 4.78 is 14.4. The van der Waals surface area contributed by atoms with Gasteiger partial charge in [0.05, 0.1) is 27.6 Å². The van der Waals surface area contributed by atoms with Crippen molar-refractivity contribution in [3.05, 3.63) is 71.4 Å². The number of benzene rings is 1. The fraction of sp³-hybridized carbons (Fsp3) is 0.190. The van der Waals surface area contributed by atoms with Gasteiger partial charge in [-0.05, 0) is 48.2 Å². The highest BCUT2D eigenvalue weighted by Gasteiger charge is 2.25. The van der Waals surface area contributed by atoms with Crippen LogP contribution in [0.3, 0.4) is 0 Å². The zero-order valence-corrected chi connectivity index (χ0v) is 15.9. The van der Waals surface area contributed by atoms with Crippen molar-refractivity contribution in [1.29, 1.82) is 0 Å². The van der Waals surface area contributed by atoms with E-state index in [1.807, 2.05) is 36.4 Å². The Kier molecular flexibility index (Phi) is 4.16. The van der Waals surface area contributed by atoms with Gasteiger partial charge >= 0.3 is 0 Å². The third kappa shape index (κ3) is 2.97. The van der Waals surface area contributed by atoms with Crippen molar-refractivity contribution in [3.8, 4) is 16.8 Å². The molecule has 0 aliphatic heterocycles. The van der Waals surface area contributed by atoms with E-state index in [9.17, 15) is 9.00 Å². The Bertz CT molecular complexity index is 1260. The third-order valence-electron chi connectivity index (χ3n) is 5.17. The fourth-order valence-electron chi connectivity index (χ4n) is 3.42. The molecule has 28 heavy (non-hydrogen) atoms. The highest BCUT2D eigenvalue weighted by Crippen LogP contribution is 2.29. The number of H-pyrrole nitrogens is 1. The lowest BCUT2D eigenvalue weighted by molar-refractivity contribution is 0.505. The van der Waals surface area contributed by atoms with Crippen LogP contribution in [0, 0.1) is 0 Å². The largest absolute Gasteiger partial charge is 0.329 e. The van der Waals surface area contributed by atoms with E-state index in [-0.39, 0.29) is 10.8 Å². The number of pyridine rings is 2. The minimum atomic E-state index is -0.996. The predicted octanol–water partition coefficient (Wildman–Crippen LogP) is 3.44. The molecule has 1 aliphatic rings. The van der Waals surface area contributed by atoms with Crippen LogP contribution in [0.5, 0.6) is 0 Å². The van der Waals surface area contributed by atoms with Crippen LogP contribution in [-0.4, -0.2) is 29.2 Å². The van der Waals surface area contributed by atoms with Crippen molar-refractivity contribution < 1.29 is 4.21 Å². The maximum Gasteiger partial charge on any atom is 0.248 e. The summed E-state index contributed by atoms with van der Waals surface area (Å²) in [6.45, 7) is 0. The molecule has 6 nitrogen and oxygen atoms in total. The lowest BCUT2D eigenvalue weighted by Gasteiger charge is -2.24. The zero-order valence-electron chi connectivity index (χ0n) is 15.0. The van der Waals surface area contributed by atoms with Crippen molar-refractivity contribution in [1.82, 2.24) is 19.7 Å². The van der Waals surface area contributed by atoms with Gasteiger partial charge < -0.3 is 4.98 Å². The SMILES string of the molecule is O=c1cc(-c2cccc(-n3ncc4cc(S(=O)C5CCC5)cnc43)c2)cc[nH]1. The maximum atomic E-state index is 12.6. The maximum absolute atomic E-state index is 12.6. The van der Waals surface area contributed by atoms with Gasteiger partial charge in [-0.3, -0.25) is 9.00 Å². The Balaban J connectivity index is 1.53. The summed E-state index contributed by atoms with van der Waals surface area (Å²) in [5.74, 6) is 0. The van der Waals surface area contributed by atoms with E-state index in [2.05, 4.69) is 15.1 Å². The van der Waals surface area contributed by atoms with Gasteiger partial charge in [0.15, 0.2) is 5.65 Å². The molecule has 3 heterocycles. The summed E-state index contributed by atoms with van der Waals surface area (Å²) in [5.41, 5.74) is 3.20. The van der Waals surface area contributed by atoms with Crippen LogP contribution in [0.25, 0.3) is 27.8 Å². The number of aromatic nitrogens is 4. The molecule has 5 rings (SSSR count). The van der Waals surface area contributed by atoms with Gasteiger partial charge in [-0.2, -0.15) is 5.10 Å². The molecule has 1 unspecified atom stereocenters. The van der Waals surface area contributed by atoms with Gasteiger partial charge in [-0.15, -0.1) is 0 Å². The molecule has 1 saturated carbocycles. The first kappa shape index (κ1) is 17.1. The summed E-state index contributed by atoms with van der Waals surface area (Å²) in [4.78, 5) is 19.6. The zero-order chi connectivity index (χ0) is 19.1. The lowest BCUT2D eigenvalue weighted by atomic mass is 10.0. The molecule has 1 atom stereocenters. The minimum absolute atomic E-state index is 0.138. The number of hydrogen-bond donors (Lipinski definition) is 1. The van der Waals surface area contributed by atoms with E-state index < -0.39 is 10.8 Å². The third-order valence-corrected chi connectivity index (χ3v) is 6.93. The van der Waals surface area contributed by atoms with E-state index >= 15 is 0 Å². The van der Waals surface area contributed by atoms with Gasteiger partial charge in [-0.1, -0.05) is 18.6 Å². The average Bonchev–Trinajstić information content (AvgIpc) is 3.10. The highest BCUT2D eigenvalue weighted by atomic mass is 32.2. The van der Waals surface area contributed by atoms with Gasteiger partial charge in [0.2, 0.25) is 5.56 Å². The van der Waals surface area contributed by atoms with Crippen molar-refractivity contribution in [2.24, 2.45) is 0 Å². The average molecular weight is 390 g/mol. The number of fused-ring (bicyclic) bond motifs is 1. The summed E-state index contributed by atoms with van der Waals surface area (Å²) in [7, 11) is -0.996. The van der Waals surface area contributed by atoms with E-state index in [0.717, 1.165) is 52.0 Å². The summed E-state index contributed by atoms with van der Waals surface area (Å²) in [6, 6.07) is 13.2. The molecule has 0 saturated heterocycles. The van der Waals surface area contributed by atoms with Crippen LogP contribution in [0.2, 0.25) is 0 Å². The Morgan fingerprint density at radius 3 is 2.71 bits per heavy atom. The minimum Gasteiger partial charge on any atom is -0.329 e. The molecule has 3 aromatic heterocycles. The molecule has 0 bridgehead atoms. The van der Waals surface area contributed by atoms with Crippen LogP contribution in [-0.2, 0) is 10.8 Å². The van der Waals surface area contributed by atoms with Gasteiger partial charge in [0, 0.05) is 29.1 Å². The summed E-state index contributed by atoms with van der Waals surface area (Å²) in [5, 5.41) is 5.62. The van der Waals surface area contributed by atoms with Crippen molar-refractivity contribution in [3.63, 3.8) is 0 Å². The lowest BCUT2D eigenvalue weighted by Crippen LogP contribution is -2.23. The monoisotopic (exact) mass is 390 g/mol. The van der Waals surface area contributed by atoms with Crippen LogP contribution in [0.1, 0.15) is 19.3 Å². The molecular formula is C21H18N4O2S. The number of hydrogen-bond acceptors (Lipinski definition) is 4. The van der Waals surface area contributed by atoms with Crippen LogP contribution < -0.4 is 5.56 Å². The van der Waals surface area contributed by atoms with Crippen molar-refractivity contribution in [2.45, 2.75) is 29.4 Å². The fourth-order valence-corrected chi connectivity index (χ4v) is 4.96. The van der Waals surface area contributed by atoms with Crippen LogP contribution in [0.15, 0.2) is 70.7 Å². The first-order valence-corrected chi connectivity index (χ1v) is 10.4. The molecule has 0 spiro atoms. The second-order valence-corrected chi connectivity index (χ2v) is 8.72. The Labute approximate surface area is 163 Å². The molecule has 1 aliphatic carbocycles. The van der Waals surface area contributed by atoms with Crippen LogP contribution in [0.4, 0.5) is 0 Å². The van der Waals surface area contributed by atoms with E-state index in [4.69, 9.17) is 0 Å². The van der Waals surface area contributed by atoms with Gasteiger partial charge in [-0.25, -0.2) is 9.67 Å². The smallest absolute Gasteiger partial charge is 0.248 e. The standard InChI is InChI=1S/C21H18N4O2S/c26-20-11-15(7-8-22-20)14-3-1-4-17(9-14)25-21-16(12-24-25)10-19(13-23-21)28(27)18-5-2-6-18/h1,3-4,7-13,18H,2,5-6H2,(H,22,26). The van der Waals surface area contributed by atoms with Gasteiger partial charge in [0.25, 0.3) is 0 Å². The highest BCUT2D eigenvalue weighted by molar-refractivity contribution is 7.85. The second-order valence-electron chi connectivity index (χ2n) is 6.98. The Morgan fingerprint density at radius 1 is 1.07 bits per heavy atom. The summed E-state index contributed by atoms with van der Waals surface area (Å²) in [6.07, 6.45) is 8.31. The molecule has 1 N–H and O–H groups in total. The van der Waals surface area contributed by atoms with Crippen molar-refractivity contribution in [2.75, 3.05) is 0 Å². The number of nitrogens with one attached hydrogen (secondary N) is 1. The molecule has 1 aromatic carbocycles. The number of nitrogens with zero attached hydrogens (tertiary/aromatic N) is 3. The second kappa shape index (κ2) is 6.83. The van der Waals surface area contributed by atoms with E-state index in [0.29, 0.717) is 0 Å². The summed E-state index contributed by atoms with van der Waals surface area (Å²) >= 11 is 0. The molecule has 140 valence electrons. The Morgan fingerprint density at radius 2 is 1.93 bits per heavy atom. The predicted molar refractivity (Wildman–Crippen MR) is 109 cm³/mol. The molecule has 4 aromatic rings. The first-order chi connectivity index (χ1) is 13.7. The van der Waals surface area contributed by atoms with Gasteiger partial charge in [0.1, 0.15) is 0 Å².